The van der Waals surface area contributed by atoms with Gasteiger partial charge in [-0.15, -0.1) is 0 Å². The zero-order valence-corrected chi connectivity index (χ0v) is 14.0. The van der Waals surface area contributed by atoms with E-state index in [0.717, 1.165) is 6.04 Å². The monoisotopic (exact) mass is 290 g/mol. The van der Waals surface area contributed by atoms with Crippen LogP contribution in [0, 0.1) is 13.8 Å². The number of hydrogen-bond donors (Lipinski definition) is 1. The van der Waals surface area contributed by atoms with E-state index in [1.165, 1.54) is 62.1 Å². The molecular weight excluding hydrogens is 260 g/mol. The van der Waals surface area contributed by atoms with Crippen molar-refractivity contribution in [3.63, 3.8) is 0 Å². The van der Waals surface area contributed by atoms with Gasteiger partial charge in [0.05, 0.1) is 5.69 Å². The molecule has 1 saturated carbocycles. The first kappa shape index (κ1) is 15.0. The number of rotatable bonds is 5. The molecule has 1 N–H and O–H groups in total. The molecule has 4 heteroatoms. The average Bonchev–Trinajstić information content (AvgIpc) is 3.26. The molecule has 0 radical (unpaired) electrons. The average molecular weight is 290 g/mol. The van der Waals surface area contributed by atoms with Crippen molar-refractivity contribution >= 4 is 0 Å². The molecule has 2 atom stereocenters. The quantitative estimate of drug-likeness (QED) is 0.905. The van der Waals surface area contributed by atoms with Crippen molar-refractivity contribution in [3.05, 3.63) is 17.0 Å². The predicted octanol–water partition coefficient (Wildman–Crippen LogP) is 2.70. The Hall–Kier alpha value is -0.870. The van der Waals surface area contributed by atoms with Crippen LogP contribution in [0.2, 0.25) is 0 Å². The van der Waals surface area contributed by atoms with Crippen molar-refractivity contribution in [2.75, 3.05) is 13.1 Å². The Kier molecular flexibility index (Phi) is 4.36. The first-order chi connectivity index (χ1) is 10.1. The molecule has 2 heterocycles. The number of nitrogens with zero attached hydrogens (tertiary/aromatic N) is 3. The summed E-state index contributed by atoms with van der Waals surface area (Å²) in [5.74, 6) is 0. The third-order valence-electron chi connectivity index (χ3n) is 5.34. The minimum atomic E-state index is 0.481. The summed E-state index contributed by atoms with van der Waals surface area (Å²) < 4.78 is 2.03. The fourth-order valence-corrected chi connectivity index (χ4v) is 3.92. The van der Waals surface area contributed by atoms with Gasteiger partial charge in [0.15, 0.2) is 0 Å². The fraction of sp³-hybridized carbons (Fsp3) is 0.824. The zero-order chi connectivity index (χ0) is 15.0. The van der Waals surface area contributed by atoms with Crippen molar-refractivity contribution in [3.8, 4) is 0 Å². The second-order valence-electron chi connectivity index (χ2n) is 6.96. The van der Waals surface area contributed by atoms with Crippen molar-refractivity contribution in [2.24, 2.45) is 7.05 Å². The lowest BCUT2D eigenvalue weighted by atomic mass is 10.0. The molecule has 2 aliphatic rings. The fourth-order valence-electron chi connectivity index (χ4n) is 3.92. The molecule has 2 fully saturated rings. The van der Waals surface area contributed by atoms with Gasteiger partial charge in [-0.3, -0.25) is 9.58 Å². The molecule has 1 aromatic rings. The lowest BCUT2D eigenvalue weighted by molar-refractivity contribution is 0.166. The van der Waals surface area contributed by atoms with Crippen LogP contribution in [-0.2, 0) is 7.05 Å². The Balaban J connectivity index is 1.76. The third kappa shape index (κ3) is 3.16. The summed E-state index contributed by atoms with van der Waals surface area (Å²) in [5, 5.41) is 8.33. The van der Waals surface area contributed by atoms with Crippen LogP contribution in [0.5, 0.6) is 0 Å². The van der Waals surface area contributed by atoms with E-state index < -0.39 is 0 Å². The van der Waals surface area contributed by atoms with Crippen molar-refractivity contribution in [1.29, 1.82) is 0 Å². The molecule has 0 spiro atoms. The first-order valence-corrected chi connectivity index (χ1v) is 8.57. The van der Waals surface area contributed by atoms with Crippen LogP contribution in [0.25, 0.3) is 0 Å². The second-order valence-corrected chi connectivity index (χ2v) is 6.96. The van der Waals surface area contributed by atoms with Gasteiger partial charge in [0.2, 0.25) is 0 Å². The maximum atomic E-state index is 4.62. The standard InChI is InChI=1S/C17H30N4/c1-12-17(13(2)20(4)19-12)14(3)21(16-8-9-16)11-15-7-5-6-10-18-15/h14-16,18H,5-11H2,1-4H3. The highest BCUT2D eigenvalue weighted by atomic mass is 15.3. The molecular formula is C17H30N4. The maximum absolute atomic E-state index is 4.62. The van der Waals surface area contributed by atoms with Gasteiger partial charge in [-0.25, -0.2) is 0 Å². The van der Waals surface area contributed by atoms with Crippen LogP contribution in [-0.4, -0.2) is 39.9 Å². The second kappa shape index (κ2) is 6.09. The highest BCUT2D eigenvalue weighted by molar-refractivity contribution is 5.28. The van der Waals surface area contributed by atoms with Crippen LogP contribution in [0.1, 0.15) is 62.0 Å². The molecule has 118 valence electrons. The summed E-state index contributed by atoms with van der Waals surface area (Å²) in [7, 11) is 2.06. The molecule has 1 aliphatic carbocycles. The van der Waals surface area contributed by atoms with E-state index >= 15 is 0 Å². The molecule has 0 aromatic carbocycles. The molecule has 1 aliphatic heterocycles. The van der Waals surface area contributed by atoms with Gasteiger partial charge in [-0.1, -0.05) is 6.42 Å². The minimum Gasteiger partial charge on any atom is -0.313 e. The molecule has 0 bridgehead atoms. The molecule has 2 unspecified atom stereocenters. The predicted molar refractivity (Wildman–Crippen MR) is 86.5 cm³/mol. The largest absolute Gasteiger partial charge is 0.313 e. The van der Waals surface area contributed by atoms with Gasteiger partial charge in [0.25, 0.3) is 0 Å². The minimum absolute atomic E-state index is 0.481. The van der Waals surface area contributed by atoms with Crippen LogP contribution in [0.4, 0.5) is 0 Å². The van der Waals surface area contributed by atoms with E-state index in [1.54, 1.807) is 0 Å². The number of aromatic nitrogens is 2. The molecule has 3 rings (SSSR count). The number of nitrogens with one attached hydrogen (secondary N) is 1. The number of piperidine rings is 1. The summed E-state index contributed by atoms with van der Waals surface area (Å²) in [6.45, 7) is 9.12. The van der Waals surface area contributed by atoms with Crippen molar-refractivity contribution < 1.29 is 0 Å². The molecule has 1 saturated heterocycles. The summed E-state index contributed by atoms with van der Waals surface area (Å²) in [5.41, 5.74) is 3.97. The van der Waals surface area contributed by atoms with E-state index in [0.29, 0.717) is 12.1 Å². The van der Waals surface area contributed by atoms with Crippen LogP contribution in [0.3, 0.4) is 0 Å². The van der Waals surface area contributed by atoms with Gasteiger partial charge in [-0.2, -0.15) is 5.10 Å². The van der Waals surface area contributed by atoms with E-state index in [4.69, 9.17) is 0 Å². The Bertz CT molecular complexity index is 483. The topological polar surface area (TPSA) is 33.1 Å². The summed E-state index contributed by atoms with van der Waals surface area (Å²) >= 11 is 0. The van der Waals surface area contributed by atoms with Gasteiger partial charge in [0.1, 0.15) is 0 Å². The molecule has 0 amide bonds. The SMILES string of the molecule is Cc1nn(C)c(C)c1C(C)N(CC1CCCCN1)C1CC1. The van der Waals surface area contributed by atoms with Gasteiger partial charge in [0, 0.05) is 43.0 Å². The van der Waals surface area contributed by atoms with Gasteiger partial charge >= 0.3 is 0 Å². The zero-order valence-electron chi connectivity index (χ0n) is 14.0. The summed E-state index contributed by atoms with van der Waals surface area (Å²) in [4.78, 5) is 2.74. The lowest BCUT2D eigenvalue weighted by Crippen LogP contribution is -2.45. The van der Waals surface area contributed by atoms with E-state index in [-0.39, 0.29) is 0 Å². The third-order valence-corrected chi connectivity index (χ3v) is 5.34. The lowest BCUT2D eigenvalue weighted by Gasteiger charge is -2.35. The van der Waals surface area contributed by atoms with E-state index in [1.807, 2.05) is 4.68 Å². The van der Waals surface area contributed by atoms with Crippen LogP contribution in [0.15, 0.2) is 0 Å². The Morgan fingerprint density at radius 3 is 2.57 bits per heavy atom. The van der Waals surface area contributed by atoms with Crippen LogP contribution < -0.4 is 5.32 Å². The van der Waals surface area contributed by atoms with Gasteiger partial charge < -0.3 is 5.32 Å². The Morgan fingerprint density at radius 2 is 2.05 bits per heavy atom. The molecule has 4 nitrogen and oxygen atoms in total. The number of hydrogen-bond acceptors (Lipinski definition) is 3. The Labute approximate surface area is 128 Å². The van der Waals surface area contributed by atoms with E-state index in [9.17, 15) is 0 Å². The van der Waals surface area contributed by atoms with Crippen LogP contribution >= 0.6 is 0 Å². The Morgan fingerprint density at radius 1 is 1.29 bits per heavy atom. The highest BCUT2D eigenvalue weighted by Gasteiger charge is 2.35. The summed E-state index contributed by atoms with van der Waals surface area (Å²) in [6, 6.07) is 1.96. The summed E-state index contributed by atoms with van der Waals surface area (Å²) in [6.07, 6.45) is 6.80. The highest BCUT2D eigenvalue weighted by Crippen LogP contribution is 2.36. The van der Waals surface area contributed by atoms with Gasteiger partial charge in [-0.05, 0) is 53.0 Å². The first-order valence-electron chi connectivity index (χ1n) is 8.57. The molecule has 21 heavy (non-hydrogen) atoms. The molecule has 1 aromatic heterocycles. The number of aryl methyl sites for hydroxylation is 2. The van der Waals surface area contributed by atoms with Crippen molar-refractivity contribution in [1.82, 2.24) is 20.0 Å². The van der Waals surface area contributed by atoms with E-state index in [2.05, 4.69) is 43.1 Å². The smallest absolute Gasteiger partial charge is 0.0644 e. The normalized spacial score (nSPS) is 24.5. The maximum Gasteiger partial charge on any atom is 0.0644 e. The van der Waals surface area contributed by atoms with Crippen molar-refractivity contribution in [2.45, 2.75) is 71.0 Å².